The van der Waals surface area contributed by atoms with Gasteiger partial charge in [0.05, 0.1) is 18.4 Å². The van der Waals surface area contributed by atoms with Crippen LogP contribution in [0.3, 0.4) is 0 Å². The van der Waals surface area contributed by atoms with Gasteiger partial charge in [0.15, 0.2) is 0 Å². The molecule has 1 amide bonds. The first-order chi connectivity index (χ1) is 12.2. The highest BCUT2D eigenvalue weighted by molar-refractivity contribution is 9.10. The SMILES string of the molecule is CCOc1ccc(Br)cc1C(=O)N/N=C/c1ccc2ccccc2c1. The van der Waals surface area contributed by atoms with Crippen molar-refractivity contribution in [1.82, 2.24) is 5.43 Å². The van der Waals surface area contributed by atoms with Crippen molar-refractivity contribution < 1.29 is 9.53 Å². The molecule has 0 atom stereocenters. The lowest BCUT2D eigenvalue weighted by Gasteiger charge is -2.09. The fraction of sp³-hybridized carbons (Fsp3) is 0.100. The minimum absolute atomic E-state index is 0.318. The Hall–Kier alpha value is -2.66. The van der Waals surface area contributed by atoms with Crippen LogP contribution < -0.4 is 10.2 Å². The summed E-state index contributed by atoms with van der Waals surface area (Å²) in [6, 6.07) is 19.4. The minimum Gasteiger partial charge on any atom is -0.493 e. The van der Waals surface area contributed by atoms with Gasteiger partial charge in [-0.1, -0.05) is 52.3 Å². The molecule has 3 aromatic carbocycles. The van der Waals surface area contributed by atoms with Gasteiger partial charge in [0, 0.05) is 4.47 Å². The van der Waals surface area contributed by atoms with Gasteiger partial charge in [-0.25, -0.2) is 5.43 Å². The van der Waals surface area contributed by atoms with Crippen molar-refractivity contribution in [3.8, 4) is 5.75 Å². The molecule has 25 heavy (non-hydrogen) atoms. The van der Waals surface area contributed by atoms with Crippen LogP contribution in [0.5, 0.6) is 5.75 Å². The molecule has 0 unspecified atom stereocenters. The van der Waals surface area contributed by atoms with Crippen LogP contribution in [0.15, 0.2) is 70.2 Å². The van der Waals surface area contributed by atoms with Gasteiger partial charge < -0.3 is 4.74 Å². The predicted molar refractivity (Wildman–Crippen MR) is 104 cm³/mol. The summed E-state index contributed by atoms with van der Waals surface area (Å²) >= 11 is 3.37. The molecule has 0 aliphatic carbocycles. The fourth-order valence-corrected chi connectivity index (χ4v) is 2.84. The average molecular weight is 397 g/mol. The molecule has 0 aromatic heterocycles. The first kappa shape index (κ1) is 17.2. The van der Waals surface area contributed by atoms with Crippen LogP contribution in [0.1, 0.15) is 22.8 Å². The summed E-state index contributed by atoms with van der Waals surface area (Å²) in [5, 5.41) is 6.35. The summed E-state index contributed by atoms with van der Waals surface area (Å²) in [5.41, 5.74) is 3.90. The summed E-state index contributed by atoms with van der Waals surface area (Å²) in [6.45, 7) is 2.36. The van der Waals surface area contributed by atoms with Crippen LogP contribution in [0.2, 0.25) is 0 Å². The third-order valence-corrected chi connectivity index (χ3v) is 4.13. The first-order valence-corrected chi connectivity index (χ1v) is 8.71. The fourth-order valence-electron chi connectivity index (χ4n) is 2.47. The Balaban J connectivity index is 1.75. The second-order valence-corrected chi connectivity index (χ2v) is 6.29. The summed E-state index contributed by atoms with van der Waals surface area (Å²) in [4.78, 5) is 12.4. The van der Waals surface area contributed by atoms with Crippen LogP contribution in [0, 0.1) is 0 Å². The van der Waals surface area contributed by atoms with E-state index in [-0.39, 0.29) is 5.91 Å². The molecule has 4 nitrogen and oxygen atoms in total. The molecule has 5 heteroatoms. The maximum Gasteiger partial charge on any atom is 0.275 e. The second kappa shape index (κ2) is 7.94. The number of ether oxygens (including phenoxy) is 1. The van der Waals surface area contributed by atoms with Crippen LogP contribution in [0.4, 0.5) is 0 Å². The molecule has 1 N–H and O–H groups in total. The Morgan fingerprint density at radius 2 is 1.92 bits per heavy atom. The number of carbonyl (C=O) groups is 1. The van der Waals surface area contributed by atoms with E-state index in [4.69, 9.17) is 4.74 Å². The molecule has 0 saturated carbocycles. The summed E-state index contributed by atoms with van der Waals surface area (Å²) < 4.78 is 6.30. The molecule has 0 radical (unpaired) electrons. The highest BCUT2D eigenvalue weighted by atomic mass is 79.9. The van der Waals surface area contributed by atoms with E-state index in [9.17, 15) is 4.79 Å². The number of hydrogen-bond acceptors (Lipinski definition) is 3. The number of amides is 1. The van der Waals surface area contributed by atoms with Crippen LogP contribution in [-0.2, 0) is 0 Å². The van der Waals surface area contributed by atoms with Crippen LogP contribution in [-0.4, -0.2) is 18.7 Å². The van der Waals surface area contributed by atoms with Crippen molar-refractivity contribution in [2.75, 3.05) is 6.61 Å². The van der Waals surface area contributed by atoms with E-state index in [0.717, 1.165) is 15.4 Å². The van der Waals surface area contributed by atoms with E-state index in [0.29, 0.717) is 17.9 Å². The lowest BCUT2D eigenvalue weighted by molar-refractivity contribution is 0.0951. The monoisotopic (exact) mass is 396 g/mol. The van der Waals surface area contributed by atoms with Crippen molar-refractivity contribution in [2.45, 2.75) is 6.92 Å². The number of hydrogen-bond donors (Lipinski definition) is 1. The summed E-state index contributed by atoms with van der Waals surface area (Å²) in [6.07, 6.45) is 1.63. The number of nitrogens with zero attached hydrogens (tertiary/aromatic N) is 1. The second-order valence-electron chi connectivity index (χ2n) is 5.38. The lowest BCUT2D eigenvalue weighted by Crippen LogP contribution is -2.18. The topological polar surface area (TPSA) is 50.7 Å². The van der Waals surface area contributed by atoms with Crippen LogP contribution in [0.25, 0.3) is 10.8 Å². The van der Waals surface area contributed by atoms with Crippen LogP contribution >= 0.6 is 15.9 Å². The molecule has 3 aromatic rings. The maximum atomic E-state index is 12.4. The van der Waals surface area contributed by atoms with E-state index < -0.39 is 0 Å². The zero-order valence-corrected chi connectivity index (χ0v) is 15.3. The predicted octanol–water partition coefficient (Wildman–Crippen LogP) is 4.76. The third-order valence-electron chi connectivity index (χ3n) is 3.64. The normalized spacial score (nSPS) is 11.0. The van der Waals surface area contributed by atoms with Gasteiger partial charge in [-0.3, -0.25) is 4.79 Å². The van der Waals surface area contributed by atoms with Crippen molar-refractivity contribution in [2.24, 2.45) is 5.10 Å². The zero-order valence-electron chi connectivity index (χ0n) is 13.7. The Morgan fingerprint density at radius 1 is 1.12 bits per heavy atom. The molecule has 0 spiro atoms. The Bertz CT molecular complexity index is 938. The zero-order chi connectivity index (χ0) is 17.6. The first-order valence-electron chi connectivity index (χ1n) is 7.92. The standard InChI is InChI=1S/C20H17BrN2O2/c1-2-25-19-10-9-17(21)12-18(19)20(24)23-22-13-14-7-8-15-5-3-4-6-16(15)11-14/h3-13H,2H2,1H3,(H,23,24)/b22-13+. The lowest BCUT2D eigenvalue weighted by atomic mass is 10.1. The number of rotatable bonds is 5. The van der Waals surface area contributed by atoms with Gasteiger partial charge in [0.1, 0.15) is 5.75 Å². The molecule has 0 aliphatic rings. The van der Waals surface area contributed by atoms with Crippen molar-refractivity contribution >= 4 is 38.8 Å². The smallest absolute Gasteiger partial charge is 0.275 e. The highest BCUT2D eigenvalue weighted by Gasteiger charge is 2.12. The summed E-state index contributed by atoms with van der Waals surface area (Å²) in [5.74, 6) is 0.214. The average Bonchev–Trinajstić information content (AvgIpc) is 2.63. The number of benzene rings is 3. The van der Waals surface area contributed by atoms with E-state index in [1.54, 1.807) is 18.3 Å². The molecule has 0 saturated heterocycles. The number of halogens is 1. The number of carbonyl (C=O) groups excluding carboxylic acids is 1. The molecule has 0 bridgehead atoms. The van der Waals surface area contributed by atoms with Gasteiger partial charge >= 0.3 is 0 Å². The number of fused-ring (bicyclic) bond motifs is 1. The van der Waals surface area contributed by atoms with Crippen molar-refractivity contribution in [3.05, 3.63) is 76.3 Å². The Kier molecular flexibility index (Phi) is 5.46. The third kappa shape index (κ3) is 4.25. The molecule has 0 aliphatic heterocycles. The van der Waals surface area contributed by atoms with Gasteiger partial charge in [-0.05, 0) is 47.5 Å². The molecule has 126 valence electrons. The molecule has 0 fully saturated rings. The molecular weight excluding hydrogens is 380 g/mol. The van der Waals surface area contributed by atoms with Crippen molar-refractivity contribution in [3.63, 3.8) is 0 Å². The van der Waals surface area contributed by atoms with Gasteiger partial charge in [0.2, 0.25) is 0 Å². The van der Waals surface area contributed by atoms with E-state index in [1.165, 1.54) is 5.39 Å². The van der Waals surface area contributed by atoms with E-state index >= 15 is 0 Å². The van der Waals surface area contributed by atoms with Crippen molar-refractivity contribution in [1.29, 1.82) is 0 Å². The van der Waals surface area contributed by atoms with Gasteiger partial charge in [0.25, 0.3) is 5.91 Å². The van der Waals surface area contributed by atoms with Gasteiger partial charge in [-0.15, -0.1) is 0 Å². The molecule has 3 rings (SSSR count). The largest absolute Gasteiger partial charge is 0.493 e. The highest BCUT2D eigenvalue weighted by Crippen LogP contribution is 2.23. The Labute approximate surface area is 154 Å². The minimum atomic E-state index is -0.318. The quantitative estimate of drug-likeness (QED) is 0.498. The molecular formula is C20H17BrN2O2. The number of hydrazone groups is 1. The van der Waals surface area contributed by atoms with E-state index in [1.807, 2.05) is 49.4 Å². The van der Waals surface area contributed by atoms with E-state index in [2.05, 4.69) is 32.5 Å². The van der Waals surface area contributed by atoms with Gasteiger partial charge in [-0.2, -0.15) is 5.10 Å². The molecule has 0 heterocycles. The Morgan fingerprint density at radius 3 is 2.72 bits per heavy atom. The maximum absolute atomic E-state index is 12.4. The summed E-state index contributed by atoms with van der Waals surface area (Å²) in [7, 11) is 0. The number of nitrogens with one attached hydrogen (secondary N) is 1.